The summed E-state index contributed by atoms with van der Waals surface area (Å²) < 4.78 is 4.64. The molecular weight excluding hydrogens is 354 g/mol. The fourth-order valence-electron chi connectivity index (χ4n) is 3.27. The molecule has 158 valence electrons. The molecule has 0 spiro atoms. The topological polar surface area (TPSA) is 66.8 Å². The Balaban J connectivity index is 2.45. The lowest BCUT2D eigenvalue weighted by Gasteiger charge is -2.27. The van der Waals surface area contributed by atoms with Crippen LogP contribution in [-0.4, -0.2) is 47.7 Å². The predicted octanol–water partition coefficient (Wildman–Crippen LogP) is 3.85. The van der Waals surface area contributed by atoms with Crippen LogP contribution in [0.1, 0.15) is 78.6 Å². The second kappa shape index (κ2) is 12.6. The van der Waals surface area contributed by atoms with Crippen LogP contribution < -0.4 is 0 Å². The van der Waals surface area contributed by atoms with Gasteiger partial charge in [0.25, 0.3) is 0 Å². The molecule has 5 nitrogen and oxygen atoms in total. The standard InChI is InChI=1S/C23H37NO4/c1-5-6-10-17-23(2,3)20(25)15-13-19-14-16-21(26)24(19)18-11-8-7-9-12-22(27)28-4/h13,15,19-20,25H,5,7-9,11-12,14,16-18H2,1-4H3/b15-13+/t19-,20+/m0/s1. The highest BCUT2D eigenvalue weighted by molar-refractivity contribution is 5.79. The van der Waals surface area contributed by atoms with Gasteiger partial charge in [-0.3, -0.25) is 9.59 Å². The van der Waals surface area contributed by atoms with Crippen molar-refractivity contribution in [1.82, 2.24) is 4.90 Å². The summed E-state index contributed by atoms with van der Waals surface area (Å²) in [4.78, 5) is 25.2. The number of aliphatic hydroxyl groups excluding tert-OH is 1. The summed E-state index contributed by atoms with van der Waals surface area (Å²) in [6, 6.07) is 0.0646. The molecular formula is C23H37NO4. The van der Waals surface area contributed by atoms with Crippen molar-refractivity contribution in [2.45, 2.75) is 90.7 Å². The van der Waals surface area contributed by atoms with E-state index in [2.05, 4.69) is 16.6 Å². The van der Waals surface area contributed by atoms with Gasteiger partial charge in [0.15, 0.2) is 0 Å². The third-order valence-electron chi connectivity index (χ3n) is 5.29. The molecule has 0 aliphatic carbocycles. The Morgan fingerprint density at radius 2 is 2.04 bits per heavy atom. The van der Waals surface area contributed by atoms with E-state index in [4.69, 9.17) is 0 Å². The zero-order valence-corrected chi connectivity index (χ0v) is 18.0. The molecule has 0 radical (unpaired) electrons. The number of ether oxygens (including phenoxy) is 1. The number of likely N-dealkylation sites (tertiary alicyclic amines) is 1. The van der Waals surface area contributed by atoms with E-state index in [1.807, 2.05) is 37.8 Å². The van der Waals surface area contributed by atoms with Crippen molar-refractivity contribution in [2.75, 3.05) is 13.7 Å². The van der Waals surface area contributed by atoms with E-state index < -0.39 is 6.10 Å². The Morgan fingerprint density at radius 3 is 2.71 bits per heavy atom. The van der Waals surface area contributed by atoms with E-state index in [-0.39, 0.29) is 23.3 Å². The minimum absolute atomic E-state index is 0.0646. The first-order valence-electron chi connectivity index (χ1n) is 10.5. The van der Waals surface area contributed by atoms with Crippen molar-refractivity contribution in [2.24, 2.45) is 5.41 Å². The van der Waals surface area contributed by atoms with Crippen LogP contribution >= 0.6 is 0 Å². The second-order valence-electron chi connectivity index (χ2n) is 8.14. The third kappa shape index (κ3) is 8.48. The van der Waals surface area contributed by atoms with E-state index in [0.717, 1.165) is 45.1 Å². The summed E-state index contributed by atoms with van der Waals surface area (Å²) in [5.74, 6) is 6.19. The lowest BCUT2D eigenvalue weighted by atomic mass is 9.83. The van der Waals surface area contributed by atoms with Gasteiger partial charge in [-0.05, 0) is 19.3 Å². The maximum Gasteiger partial charge on any atom is 0.305 e. The first kappa shape index (κ1) is 24.2. The number of esters is 1. The summed E-state index contributed by atoms with van der Waals surface area (Å²) >= 11 is 0. The predicted molar refractivity (Wildman–Crippen MR) is 111 cm³/mol. The number of nitrogens with zero attached hydrogens (tertiary/aromatic N) is 1. The number of methoxy groups -OCH3 is 1. The molecule has 1 aliphatic rings. The maximum absolute atomic E-state index is 12.2. The Kier molecular flexibility index (Phi) is 10.9. The van der Waals surface area contributed by atoms with E-state index in [0.29, 0.717) is 19.3 Å². The van der Waals surface area contributed by atoms with Crippen molar-refractivity contribution in [1.29, 1.82) is 0 Å². The van der Waals surface area contributed by atoms with Crippen LogP contribution in [0.5, 0.6) is 0 Å². The molecule has 0 aromatic carbocycles. The number of carbonyl (C=O) groups is 2. The number of aliphatic hydroxyl groups is 1. The van der Waals surface area contributed by atoms with Crippen LogP contribution in [0.25, 0.3) is 0 Å². The fourth-order valence-corrected chi connectivity index (χ4v) is 3.27. The Morgan fingerprint density at radius 1 is 1.32 bits per heavy atom. The Hall–Kier alpha value is -1.80. The third-order valence-corrected chi connectivity index (χ3v) is 5.29. The number of hydrogen-bond donors (Lipinski definition) is 1. The summed E-state index contributed by atoms with van der Waals surface area (Å²) in [5, 5.41) is 10.5. The molecule has 1 heterocycles. The monoisotopic (exact) mass is 391 g/mol. The second-order valence-corrected chi connectivity index (χ2v) is 8.14. The quantitative estimate of drug-likeness (QED) is 0.251. The van der Waals surface area contributed by atoms with Crippen LogP contribution in [0.15, 0.2) is 12.2 Å². The average molecular weight is 392 g/mol. The summed E-state index contributed by atoms with van der Waals surface area (Å²) in [7, 11) is 1.41. The molecule has 1 saturated heterocycles. The number of hydrogen-bond acceptors (Lipinski definition) is 4. The average Bonchev–Trinajstić information content (AvgIpc) is 3.02. The minimum atomic E-state index is -0.588. The van der Waals surface area contributed by atoms with Gasteiger partial charge < -0.3 is 14.7 Å². The largest absolute Gasteiger partial charge is 0.469 e. The molecule has 1 aliphatic heterocycles. The van der Waals surface area contributed by atoms with Gasteiger partial charge in [0.05, 0.1) is 19.3 Å². The van der Waals surface area contributed by atoms with E-state index >= 15 is 0 Å². The van der Waals surface area contributed by atoms with Gasteiger partial charge in [0, 0.05) is 37.6 Å². The van der Waals surface area contributed by atoms with Crippen molar-refractivity contribution in [3.05, 3.63) is 12.2 Å². The van der Waals surface area contributed by atoms with E-state index in [1.54, 1.807) is 0 Å². The molecule has 0 unspecified atom stereocenters. The molecule has 0 bridgehead atoms. The molecule has 0 aromatic heterocycles. The maximum atomic E-state index is 12.2. The summed E-state index contributed by atoms with van der Waals surface area (Å²) in [5.41, 5.74) is -0.314. The first-order chi connectivity index (χ1) is 13.3. The minimum Gasteiger partial charge on any atom is -0.469 e. The summed E-state index contributed by atoms with van der Waals surface area (Å²) in [6.07, 6.45) is 10.2. The normalized spacial score (nSPS) is 18.2. The molecule has 1 fully saturated rings. The molecule has 1 rings (SSSR count). The Bertz CT molecular complexity index is 585. The van der Waals surface area contributed by atoms with Gasteiger partial charge >= 0.3 is 5.97 Å². The molecule has 28 heavy (non-hydrogen) atoms. The summed E-state index contributed by atoms with van der Waals surface area (Å²) in [6.45, 7) is 6.77. The molecule has 1 N–H and O–H groups in total. The highest BCUT2D eigenvalue weighted by Crippen LogP contribution is 2.27. The van der Waals surface area contributed by atoms with Gasteiger partial charge in [-0.1, -0.05) is 45.8 Å². The zero-order valence-electron chi connectivity index (χ0n) is 18.0. The van der Waals surface area contributed by atoms with Gasteiger partial charge in [-0.15, -0.1) is 11.8 Å². The number of amides is 1. The SMILES string of the molecule is CCC#CCC(C)(C)[C@H](O)/C=C/[C@H]1CCC(=O)N1CCCCCCC(=O)OC. The van der Waals surface area contributed by atoms with Crippen LogP contribution in [0, 0.1) is 17.3 Å². The number of unbranched alkanes of at least 4 members (excludes halogenated alkanes) is 3. The van der Waals surface area contributed by atoms with Gasteiger partial charge in [0.2, 0.25) is 5.91 Å². The highest BCUT2D eigenvalue weighted by atomic mass is 16.5. The van der Waals surface area contributed by atoms with Crippen molar-refractivity contribution < 1.29 is 19.4 Å². The van der Waals surface area contributed by atoms with Gasteiger partial charge in [-0.2, -0.15) is 0 Å². The fraction of sp³-hybridized carbons (Fsp3) is 0.739. The smallest absolute Gasteiger partial charge is 0.305 e. The van der Waals surface area contributed by atoms with Crippen molar-refractivity contribution >= 4 is 11.9 Å². The van der Waals surface area contributed by atoms with Gasteiger partial charge in [-0.25, -0.2) is 0 Å². The number of carbonyl (C=O) groups excluding carboxylic acids is 2. The lowest BCUT2D eigenvalue weighted by molar-refractivity contribution is -0.140. The lowest BCUT2D eigenvalue weighted by Crippen LogP contribution is -2.33. The highest BCUT2D eigenvalue weighted by Gasteiger charge is 2.30. The van der Waals surface area contributed by atoms with Crippen LogP contribution in [0.3, 0.4) is 0 Å². The van der Waals surface area contributed by atoms with Crippen molar-refractivity contribution in [3.8, 4) is 11.8 Å². The van der Waals surface area contributed by atoms with E-state index in [9.17, 15) is 14.7 Å². The molecule has 2 atom stereocenters. The van der Waals surface area contributed by atoms with E-state index in [1.165, 1.54) is 7.11 Å². The Labute approximate surface area is 170 Å². The molecule has 1 amide bonds. The molecule has 0 aromatic rings. The first-order valence-corrected chi connectivity index (χ1v) is 10.5. The van der Waals surface area contributed by atoms with Crippen molar-refractivity contribution in [3.63, 3.8) is 0 Å². The van der Waals surface area contributed by atoms with Gasteiger partial charge in [0.1, 0.15) is 0 Å². The molecule has 5 heteroatoms. The van der Waals surface area contributed by atoms with Crippen LogP contribution in [0.4, 0.5) is 0 Å². The number of rotatable bonds is 11. The molecule has 0 saturated carbocycles. The zero-order chi connectivity index (χ0) is 21.0. The van der Waals surface area contributed by atoms with Crippen LogP contribution in [0.2, 0.25) is 0 Å². The van der Waals surface area contributed by atoms with Crippen LogP contribution in [-0.2, 0) is 14.3 Å².